The molecule has 29 heavy (non-hydrogen) atoms. The van der Waals surface area contributed by atoms with Crippen molar-refractivity contribution < 1.29 is 27.1 Å². The van der Waals surface area contributed by atoms with Gasteiger partial charge in [-0.1, -0.05) is 18.2 Å². The number of esters is 1. The molecule has 1 amide bonds. The van der Waals surface area contributed by atoms with E-state index >= 15 is 0 Å². The fourth-order valence-electron chi connectivity index (χ4n) is 2.92. The summed E-state index contributed by atoms with van der Waals surface area (Å²) in [5.74, 6) is -1.50. The molecule has 0 bridgehead atoms. The van der Waals surface area contributed by atoms with Gasteiger partial charge in [0.15, 0.2) is 0 Å². The number of amides is 1. The Kier molecular flexibility index (Phi) is 6.26. The van der Waals surface area contributed by atoms with Gasteiger partial charge in [-0.2, -0.15) is 17.0 Å². The number of anilines is 1. The van der Waals surface area contributed by atoms with Gasteiger partial charge in [0.05, 0.1) is 19.2 Å². The van der Waals surface area contributed by atoms with Gasteiger partial charge in [-0.25, -0.2) is 9.18 Å². The molecular weight excluding hydrogens is 401 g/mol. The zero-order valence-electron chi connectivity index (χ0n) is 15.7. The molecule has 0 radical (unpaired) electrons. The van der Waals surface area contributed by atoms with E-state index < -0.39 is 27.9 Å². The highest BCUT2D eigenvalue weighted by Gasteiger charge is 2.37. The molecule has 2 aromatic carbocycles. The smallest absolute Gasteiger partial charge is 0.337 e. The Labute approximate surface area is 168 Å². The van der Waals surface area contributed by atoms with Crippen LogP contribution in [-0.2, 0) is 26.3 Å². The van der Waals surface area contributed by atoms with Crippen molar-refractivity contribution in [2.75, 3.05) is 32.1 Å². The Balaban J connectivity index is 1.61. The maximum absolute atomic E-state index is 13.8. The third-order valence-electron chi connectivity index (χ3n) is 4.47. The van der Waals surface area contributed by atoms with E-state index in [1.807, 2.05) is 0 Å². The number of nitrogens with one attached hydrogen (secondary N) is 1. The van der Waals surface area contributed by atoms with Gasteiger partial charge < -0.3 is 10.1 Å². The monoisotopic (exact) mass is 421 g/mol. The van der Waals surface area contributed by atoms with Crippen LogP contribution in [0.4, 0.5) is 10.1 Å². The maximum Gasteiger partial charge on any atom is 0.337 e. The SMILES string of the molecule is COC(=O)c1ccc(NC(=O)CN2CCN(Cc3ccccc3F)S2(=O)=O)cc1. The van der Waals surface area contributed by atoms with Crippen LogP contribution in [0, 0.1) is 5.82 Å². The first kappa shape index (κ1) is 20.9. The number of hydrogen-bond donors (Lipinski definition) is 1. The van der Waals surface area contributed by atoms with Crippen LogP contribution in [0.3, 0.4) is 0 Å². The summed E-state index contributed by atoms with van der Waals surface area (Å²) in [4.78, 5) is 23.7. The molecule has 8 nitrogen and oxygen atoms in total. The number of carbonyl (C=O) groups is 2. The molecule has 0 spiro atoms. The van der Waals surface area contributed by atoms with Crippen molar-refractivity contribution in [1.82, 2.24) is 8.61 Å². The molecule has 1 N–H and O–H groups in total. The third-order valence-corrected chi connectivity index (χ3v) is 6.39. The molecule has 0 aromatic heterocycles. The second kappa shape index (κ2) is 8.68. The van der Waals surface area contributed by atoms with Crippen LogP contribution in [0.15, 0.2) is 48.5 Å². The normalized spacial score (nSPS) is 16.5. The Morgan fingerprint density at radius 3 is 2.38 bits per heavy atom. The number of benzene rings is 2. The topological polar surface area (TPSA) is 96.0 Å². The van der Waals surface area contributed by atoms with Crippen molar-refractivity contribution in [2.45, 2.75) is 6.54 Å². The Bertz CT molecular complexity index is 1010. The number of carbonyl (C=O) groups excluding carboxylic acids is 2. The number of rotatable bonds is 6. The average molecular weight is 421 g/mol. The predicted octanol–water partition coefficient (Wildman–Crippen LogP) is 1.61. The second-order valence-electron chi connectivity index (χ2n) is 6.38. The summed E-state index contributed by atoms with van der Waals surface area (Å²) >= 11 is 0. The van der Waals surface area contributed by atoms with E-state index in [-0.39, 0.29) is 31.7 Å². The Morgan fingerprint density at radius 2 is 1.72 bits per heavy atom. The number of nitrogens with zero attached hydrogens (tertiary/aromatic N) is 2. The molecule has 1 saturated heterocycles. The highest BCUT2D eigenvalue weighted by Crippen LogP contribution is 2.21. The average Bonchev–Trinajstić information content (AvgIpc) is 2.97. The van der Waals surface area contributed by atoms with Crippen LogP contribution >= 0.6 is 0 Å². The first-order valence-corrected chi connectivity index (χ1v) is 10.2. The molecule has 0 atom stereocenters. The van der Waals surface area contributed by atoms with E-state index in [9.17, 15) is 22.4 Å². The largest absolute Gasteiger partial charge is 0.465 e. The van der Waals surface area contributed by atoms with Crippen LogP contribution in [0.2, 0.25) is 0 Å². The van der Waals surface area contributed by atoms with Crippen LogP contribution in [0.25, 0.3) is 0 Å². The van der Waals surface area contributed by atoms with Gasteiger partial charge in [0, 0.05) is 30.9 Å². The molecule has 3 rings (SSSR count). The lowest BCUT2D eigenvalue weighted by molar-refractivity contribution is -0.116. The minimum absolute atomic E-state index is 0.0951. The summed E-state index contributed by atoms with van der Waals surface area (Å²) in [5.41, 5.74) is 1.02. The highest BCUT2D eigenvalue weighted by atomic mass is 32.2. The van der Waals surface area contributed by atoms with Gasteiger partial charge in [0.2, 0.25) is 5.91 Å². The van der Waals surface area contributed by atoms with Gasteiger partial charge in [-0.05, 0) is 30.3 Å². The highest BCUT2D eigenvalue weighted by molar-refractivity contribution is 7.87. The molecule has 0 aliphatic carbocycles. The Hall–Kier alpha value is -2.82. The van der Waals surface area contributed by atoms with E-state index in [0.717, 1.165) is 8.61 Å². The quantitative estimate of drug-likeness (QED) is 0.715. The zero-order valence-corrected chi connectivity index (χ0v) is 16.5. The second-order valence-corrected chi connectivity index (χ2v) is 8.31. The Morgan fingerprint density at radius 1 is 1.07 bits per heavy atom. The van der Waals surface area contributed by atoms with E-state index in [1.54, 1.807) is 6.07 Å². The van der Waals surface area contributed by atoms with Gasteiger partial charge in [-0.3, -0.25) is 4.79 Å². The maximum atomic E-state index is 13.8. The van der Waals surface area contributed by atoms with E-state index in [0.29, 0.717) is 11.3 Å². The van der Waals surface area contributed by atoms with E-state index in [2.05, 4.69) is 10.1 Å². The fourth-order valence-corrected chi connectivity index (χ4v) is 4.46. The first-order valence-electron chi connectivity index (χ1n) is 8.78. The summed E-state index contributed by atoms with van der Waals surface area (Å²) in [6.45, 7) is -0.166. The van der Waals surface area contributed by atoms with Crippen molar-refractivity contribution in [2.24, 2.45) is 0 Å². The van der Waals surface area contributed by atoms with Gasteiger partial charge in [0.25, 0.3) is 10.2 Å². The summed E-state index contributed by atoms with van der Waals surface area (Å²) in [5, 5.41) is 2.59. The summed E-state index contributed by atoms with van der Waals surface area (Å²) < 4.78 is 45.9. The molecule has 0 saturated carbocycles. The lowest BCUT2D eigenvalue weighted by Crippen LogP contribution is -2.37. The molecular formula is C19H20FN3O5S. The van der Waals surface area contributed by atoms with Gasteiger partial charge in [0.1, 0.15) is 5.82 Å². The molecule has 1 heterocycles. The molecule has 1 aliphatic heterocycles. The molecule has 1 aliphatic rings. The molecule has 1 fully saturated rings. The van der Waals surface area contributed by atoms with Gasteiger partial charge >= 0.3 is 5.97 Å². The van der Waals surface area contributed by atoms with E-state index in [1.165, 1.54) is 49.6 Å². The number of ether oxygens (including phenoxy) is 1. The summed E-state index contributed by atoms with van der Waals surface area (Å²) in [7, 11) is -2.61. The lowest BCUT2D eigenvalue weighted by Gasteiger charge is -2.18. The van der Waals surface area contributed by atoms with Crippen LogP contribution in [0.5, 0.6) is 0 Å². The predicted molar refractivity (Wildman–Crippen MR) is 104 cm³/mol. The molecule has 2 aromatic rings. The van der Waals surface area contributed by atoms with Crippen molar-refractivity contribution in [3.05, 3.63) is 65.5 Å². The minimum Gasteiger partial charge on any atom is -0.465 e. The summed E-state index contributed by atoms with van der Waals surface area (Å²) in [6.07, 6.45) is 0. The summed E-state index contributed by atoms with van der Waals surface area (Å²) in [6, 6.07) is 12.0. The van der Waals surface area contributed by atoms with Crippen LogP contribution in [0.1, 0.15) is 15.9 Å². The van der Waals surface area contributed by atoms with Crippen molar-refractivity contribution in [3.8, 4) is 0 Å². The minimum atomic E-state index is -3.87. The van der Waals surface area contributed by atoms with Crippen molar-refractivity contribution in [1.29, 1.82) is 0 Å². The molecule has 154 valence electrons. The zero-order chi connectivity index (χ0) is 21.0. The van der Waals surface area contributed by atoms with Crippen molar-refractivity contribution >= 4 is 27.8 Å². The van der Waals surface area contributed by atoms with Gasteiger partial charge in [-0.15, -0.1) is 0 Å². The molecule has 10 heteroatoms. The van der Waals surface area contributed by atoms with E-state index in [4.69, 9.17) is 0 Å². The lowest BCUT2D eigenvalue weighted by atomic mass is 10.2. The standard InChI is InChI=1S/C19H20FN3O5S/c1-28-19(25)14-6-8-16(9-7-14)21-18(24)13-23-11-10-22(29(23,26)27)12-15-4-2-3-5-17(15)20/h2-9H,10-13H2,1H3,(H,21,24). The van der Waals surface area contributed by atoms with Crippen LogP contribution < -0.4 is 5.32 Å². The van der Waals surface area contributed by atoms with Crippen LogP contribution in [-0.4, -0.2) is 55.6 Å². The third kappa shape index (κ3) is 4.78. The van der Waals surface area contributed by atoms with Crippen molar-refractivity contribution in [3.63, 3.8) is 0 Å². The fraction of sp³-hybridized carbons (Fsp3) is 0.263. The first-order chi connectivity index (χ1) is 13.8. The number of halogens is 1. The molecule has 0 unspecified atom stereocenters. The number of methoxy groups -OCH3 is 1. The number of hydrogen-bond acceptors (Lipinski definition) is 5.